The van der Waals surface area contributed by atoms with E-state index in [1.165, 1.54) is 0 Å². The highest BCUT2D eigenvalue weighted by Gasteiger charge is 2.32. The van der Waals surface area contributed by atoms with Crippen molar-refractivity contribution in [1.29, 1.82) is 0 Å². The molecule has 4 nitrogen and oxygen atoms in total. The van der Waals surface area contributed by atoms with E-state index in [0.717, 1.165) is 37.7 Å². The Bertz CT molecular complexity index is 550. The molecule has 0 aliphatic carbocycles. The topological polar surface area (TPSA) is 63.4 Å². The molecule has 1 aromatic rings. The fourth-order valence-electron chi connectivity index (χ4n) is 2.99. The minimum absolute atomic E-state index is 0.0791. The lowest BCUT2D eigenvalue weighted by Crippen LogP contribution is -2.43. The molecule has 2 unspecified atom stereocenters. The number of nitrogens with two attached hydrogens (primary N) is 1. The Kier molecular flexibility index (Phi) is 5.41. The van der Waals surface area contributed by atoms with Gasteiger partial charge < -0.3 is 5.73 Å². The third-order valence-electron chi connectivity index (χ3n) is 4.21. The van der Waals surface area contributed by atoms with Crippen LogP contribution in [0.25, 0.3) is 0 Å². The molecule has 1 aromatic carbocycles. The first-order valence-electron chi connectivity index (χ1n) is 7.84. The number of hydrogen-bond donors (Lipinski definition) is 1. The molecule has 2 N–H and O–H groups in total. The molecule has 21 heavy (non-hydrogen) atoms. The summed E-state index contributed by atoms with van der Waals surface area (Å²) in [5.74, 6) is 0. The summed E-state index contributed by atoms with van der Waals surface area (Å²) < 4.78 is 27.4. The molecule has 118 valence electrons. The predicted octanol–water partition coefficient (Wildman–Crippen LogP) is 3.05. The van der Waals surface area contributed by atoms with Crippen LogP contribution >= 0.6 is 0 Å². The Morgan fingerprint density at radius 2 is 1.95 bits per heavy atom. The second-order valence-corrected chi connectivity index (χ2v) is 7.80. The molecule has 5 heteroatoms. The van der Waals surface area contributed by atoms with Crippen LogP contribution in [0.3, 0.4) is 0 Å². The van der Waals surface area contributed by atoms with E-state index in [9.17, 15) is 8.42 Å². The van der Waals surface area contributed by atoms with Crippen LogP contribution in [0.15, 0.2) is 29.2 Å². The molecule has 0 amide bonds. The molecule has 1 saturated heterocycles. The summed E-state index contributed by atoms with van der Waals surface area (Å²) in [4.78, 5) is 0.384. The molecule has 1 aliphatic rings. The van der Waals surface area contributed by atoms with Crippen LogP contribution < -0.4 is 5.73 Å². The molecule has 0 bridgehead atoms. The third-order valence-corrected chi connectivity index (χ3v) is 6.17. The zero-order chi connectivity index (χ0) is 15.5. The van der Waals surface area contributed by atoms with Gasteiger partial charge in [-0.15, -0.1) is 0 Å². The normalized spacial score (nSPS) is 22.1. The highest BCUT2D eigenvalue weighted by molar-refractivity contribution is 7.89. The lowest BCUT2D eigenvalue weighted by molar-refractivity contribution is 0.239. The van der Waals surface area contributed by atoms with E-state index < -0.39 is 10.0 Å². The second kappa shape index (κ2) is 6.90. The molecule has 1 aliphatic heterocycles. The van der Waals surface area contributed by atoms with Crippen LogP contribution in [0, 0.1) is 0 Å². The average Bonchev–Trinajstić information content (AvgIpc) is 2.48. The van der Waals surface area contributed by atoms with Gasteiger partial charge in [0.05, 0.1) is 4.90 Å². The van der Waals surface area contributed by atoms with Gasteiger partial charge in [-0.1, -0.05) is 31.9 Å². The molecule has 0 spiro atoms. The minimum Gasteiger partial charge on any atom is -0.324 e. The molecular formula is C16H26N2O2S. The Morgan fingerprint density at radius 3 is 2.52 bits per heavy atom. The number of nitrogens with zero attached hydrogens (tertiary/aromatic N) is 1. The quantitative estimate of drug-likeness (QED) is 0.909. The summed E-state index contributed by atoms with van der Waals surface area (Å²) in [7, 11) is -3.38. The highest BCUT2D eigenvalue weighted by atomic mass is 32.2. The molecule has 0 saturated carbocycles. The average molecular weight is 310 g/mol. The summed E-state index contributed by atoms with van der Waals surface area (Å²) in [6.07, 6.45) is 5.01. The lowest BCUT2D eigenvalue weighted by Gasteiger charge is -2.34. The Balaban J connectivity index is 2.26. The minimum atomic E-state index is -3.38. The molecule has 0 radical (unpaired) electrons. The van der Waals surface area contributed by atoms with Crippen LogP contribution in [0.4, 0.5) is 0 Å². The predicted molar refractivity (Wildman–Crippen MR) is 85.5 cm³/mol. The van der Waals surface area contributed by atoms with Crippen molar-refractivity contribution in [2.24, 2.45) is 5.73 Å². The van der Waals surface area contributed by atoms with Gasteiger partial charge in [0.25, 0.3) is 0 Å². The standard InChI is InChI=1S/C16H26N2O2S/c1-3-6-15-7-4-5-12-18(15)21(19,20)16-10-8-14(9-11-16)13(2)17/h8-11,13,15H,3-7,12,17H2,1-2H3. The summed E-state index contributed by atoms with van der Waals surface area (Å²) >= 11 is 0. The molecule has 0 aromatic heterocycles. The number of hydrogen-bond acceptors (Lipinski definition) is 3. The van der Waals surface area contributed by atoms with E-state index in [1.54, 1.807) is 16.4 Å². The van der Waals surface area contributed by atoms with Crippen molar-refractivity contribution in [3.8, 4) is 0 Å². The first-order valence-corrected chi connectivity index (χ1v) is 9.28. The largest absolute Gasteiger partial charge is 0.324 e. The van der Waals surface area contributed by atoms with Crippen LogP contribution in [-0.4, -0.2) is 25.3 Å². The van der Waals surface area contributed by atoms with Gasteiger partial charge in [0.1, 0.15) is 0 Å². The highest BCUT2D eigenvalue weighted by Crippen LogP contribution is 2.28. The van der Waals surface area contributed by atoms with Crippen LogP contribution in [0.5, 0.6) is 0 Å². The van der Waals surface area contributed by atoms with Crippen LogP contribution in [0.1, 0.15) is 57.6 Å². The monoisotopic (exact) mass is 310 g/mol. The van der Waals surface area contributed by atoms with Crippen molar-refractivity contribution in [2.75, 3.05) is 6.54 Å². The van der Waals surface area contributed by atoms with E-state index in [4.69, 9.17) is 5.73 Å². The molecular weight excluding hydrogens is 284 g/mol. The fraction of sp³-hybridized carbons (Fsp3) is 0.625. The van der Waals surface area contributed by atoms with Gasteiger partial charge in [-0.2, -0.15) is 4.31 Å². The number of benzene rings is 1. The molecule has 1 fully saturated rings. The van der Waals surface area contributed by atoms with Crippen molar-refractivity contribution < 1.29 is 8.42 Å². The second-order valence-electron chi connectivity index (χ2n) is 5.91. The first-order chi connectivity index (χ1) is 9.96. The lowest BCUT2D eigenvalue weighted by atomic mass is 10.0. The Labute approximate surface area is 128 Å². The van der Waals surface area contributed by atoms with Crippen molar-refractivity contribution in [3.05, 3.63) is 29.8 Å². The molecule has 2 rings (SSSR count). The van der Waals surface area contributed by atoms with Crippen molar-refractivity contribution in [2.45, 2.75) is 62.9 Å². The van der Waals surface area contributed by atoms with Gasteiger partial charge in [0, 0.05) is 18.6 Å². The van der Waals surface area contributed by atoms with E-state index in [2.05, 4.69) is 6.92 Å². The first kappa shape index (κ1) is 16.5. The number of rotatable bonds is 5. The van der Waals surface area contributed by atoms with Gasteiger partial charge in [-0.25, -0.2) is 8.42 Å². The van der Waals surface area contributed by atoms with Gasteiger partial charge >= 0.3 is 0 Å². The molecule has 2 atom stereocenters. The van der Waals surface area contributed by atoms with Gasteiger partial charge in [-0.05, 0) is 43.9 Å². The molecule has 1 heterocycles. The maximum atomic E-state index is 12.8. The fourth-order valence-corrected chi connectivity index (χ4v) is 4.71. The van der Waals surface area contributed by atoms with E-state index in [0.29, 0.717) is 11.4 Å². The maximum Gasteiger partial charge on any atom is 0.243 e. The van der Waals surface area contributed by atoms with Crippen molar-refractivity contribution in [1.82, 2.24) is 4.31 Å². The SMILES string of the molecule is CCCC1CCCCN1S(=O)(=O)c1ccc(C(C)N)cc1. The summed E-state index contributed by atoms with van der Waals surface area (Å²) in [5, 5.41) is 0. The Hall–Kier alpha value is -0.910. The summed E-state index contributed by atoms with van der Waals surface area (Å²) in [6.45, 7) is 4.64. The summed E-state index contributed by atoms with van der Waals surface area (Å²) in [5.41, 5.74) is 6.77. The Morgan fingerprint density at radius 1 is 1.29 bits per heavy atom. The van der Waals surface area contributed by atoms with E-state index in [-0.39, 0.29) is 12.1 Å². The van der Waals surface area contributed by atoms with Crippen molar-refractivity contribution in [3.63, 3.8) is 0 Å². The van der Waals surface area contributed by atoms with Gasteiger partial charge in [-0.3, -0.25) is 0 Å². The zero-order valence-corrected chi connectivity index (χ0v) is 13.8. The van der Waals surface area contributed by atoms with Crippen molar-refractivity contribution >= 4 is 10.0 Å². The maximum absolute atomic E-state index is 12.8. The third kappa shape index (κ3) is 3.65. The van der Waals surface area contributed by atoms with Crippen LogP contribution in [0.2, 0.25) is 0 Å². The van der Waals surface area contributed by atoms with Gasteiger partial charge in [0.15, 0.2) is 0 Å². The van der Waals surface area contributed by atoms with E-state index in [1.807, 2.05) is 19.1 Å². The summed E-state index contributed by atoms with van der Waals surface area (Å²) in [6, 6.07) is 7.08. The number of sulfonamides is 1. The number of piperidine rings is 1. The van der Waals surface area contributed by atoms with Gasteiger partial charge in [0.2, 0.25) is 10.0 Å². The van der Waals surface area contributed by atoms with E-state index >= 15 is 0 Å². The van der Waals surface area contributed by atoms with Crippen LogP contribution in [-0.2, 0) is 10.0 Å². The zero-order valence-electron chi connectivity index (χ0n) is 13.0. The smallest absolute Gasteiger partial charge is 0.243 e.